The van der Waals surface area contributed by atoms with Crippen molar-refractivity contribution in [3.8, 4) is 5.75 Å². The molecule has 19 heavy (non-hydrogen) atoms. The molecule has 0 atom stereocenters. The standard InChI is InChI=1S/C16H24FNO/c1-5-13(4)11-19-16-14(7-6-8-15(16)17)10-18-9-12(2)3/h6-8,12,18H,4-5,9-11H2,1-3H3. The minimum atomic E-state index is -0.312. The molecule has 0 heterocycles. The first-order chi connectivity index (χ1) is 9.04. The van der Waals surface area contributed by atoms with E-state index in [-0.39, 0.29) is 5.82 Å². The Morgan fingerprint density at radius 2 is 2.16 bits per heavy atom. The van der Waals surface area contributed by atoms with Gasteiger partial charge in [0, 0.05) is 12.1 Å². The number of nitrogens with one attached hydrogen (secondary N) is 1. The number of hydrogen-bond acceptors (Lipinski definition) is 2. The van der Waals surface area contributed by atoms with Crippen molar-refractivity contribution < 1.29 is 9.13 Å². The van der Waals surface area contributed by atoms with Crippen molar-refractivity contribution in [2.75, 3.05) is 13.2 Å². The summed E-state index contributed by atoms with van der Waals surface area (Å²) in [5.74, 6) is 0.596. The van der Waals surface area contributed by atoms with Gasteiger partial charge in [-0.1, -0.05) is 39.5 Å². The number of benzene rings is 1. The van der Waals surface area contributed by atoms with Gasteiger partial charge in [-0.15, -0.1) is 0 Å². The molecule has 0 aliphatic heterocycles. The van der Waals surface area contributed by atoms with Crippen LogP contribution >= 0.6 is 0 Å². The predicted molar refractivity (Wildman–Crippen MR) is 77.9 cm³/mol. The Kier molecular flexibility index (Phi) is 6.57. The van der Waals surface area contributed by atoms with Crippen molar-refractivity contribution in [2.24, 2.45) is 5.92 Å². The van der Waals surface area contributed by atoms with Crippen molar-refractivity contribution in [1.29, 1.82) is 0 Å². The molecule has 1 aromatic rings. The molecule has 0 radical (unpaired) electrons. The second-order valence-corrected chi connectivity index (χ2v) is 5.15. The lowest BCUT2D eigenvalue weighted by Crippen LogP contribution is -2.19. The van der Waals surface area contributed by atoms with Crippen LogP contribution in [0.5, 0.6) is 5.75 Å². The summed E-state index contributed by atoms with van der Waals surface area (Å²) in [6.07, 6.45) is 0.843. The summed E-state index contributed by atoms with van der Waals surface area (Å²) in [5, 5.41) is 3.30. The third-order valence-corrected chi connectivity index (χ3v) is 2.84. The van der Waals surface area contributed by atoms with Crippen LogP contribution in [0.4, 0.5) is 4.39 Å². The number of rotatable bonds is 8. The predicted octanol–water partition coefficient (Wildman–Crippen LogP) is 3.92. The lowest BCUT2D eigenvalue weighted by Gasteiger charge is -2.14. The summed E-state index contributed by atoms with van der Waals surface area (Å²) in [6.45, 7) is 12.0. The highest BCUT2D eigenvalue weighted by Gasteiger charge is 2.10. The highest BCUT2D eigenvalue weighted by molar-refractivity contribution is 5.35. The average Bonchev–Trinajstić information content (AvgIpc) is 2.37. The van der Waals surface area contributed by atoms with E-state index in [0.29, 0.717) is 24.8 Å². The molecule has 106 valence electrons. The molecule has 0 aliphatic carbocycles. The minimum Gasteiger partial charge on any atom is -0.486 e. The largest absolute Gasteiger partial charge is 0.486 e. The monoisotopic (exact) mass is 265 g/mol. The number of para-hydroxylation sites is 1. The van der Waals surface area contributed by atoms with Gasteiger partial charge in [-0.2, -0.15) is 0 Å². The maximum absolute atomic E-state index is 13.8. The van der Waals surface area contributed by atoms with Crippen molar-refractivity contribution in [3.05, 3.63) is 41.7 Å². The Bertz CT molecular complexity index is 415. The van der Waals surface area contributed by atoms with Crippen LogP contribution in [0, 0.1) is 11.7 Å². The van der Waals surface area contributed by atoms with Crippen LogP contribution in [0.15, 0.2) is 30.4 Å². The first-order valence-electron chi connectivity index (χ1n) is 6.82. The van der Waals surface area contributed by atoms with Gasteiger partial charge < -0.3 is 10.1 Å². The van der Waals surface area contributed by atoms with Crippen LogP contribution in [0.2, 0.25) is 0 Å². The normalized spacial score (nSPS) is 10.8. The van der Waals surface area contributed by atoms with Gasteiger partial charge in [0.1, 0.15) is 6.61 Å². The van der Waals surface area contributed by atoms with Gasteiger partial charge in [0.05, 0.1) is 0 Å². The molecule has 0 fully saturated rings. The van der Waals surface area contributed by atoms with Gasteiger partial charge in [-0.25, -0.2) is 4.39 Å². The maximum Gasteiger partial charge on any atom is 0.165 e. The second kappa shape index (κ2) is 7.95. The van der Waals surface area contributed by atoms with Crippen LogP contribution in [0.1, 0.15) is 32.8 Å². The van der Waals surface area contributed by atoms with Crippen molar-refractivity contribution in [3.63, 3.8) is 0 Å². The molecule has 0 aliphatic rings. The van der Waals surface area contributed by atoms with Crippen LogP contribution in [0.25, 0.3) is 0 Å². The van der Waals surface area contributed by atoms with Gasteiger partial charge in [0.15, 0.2) is 11.6 Å². The molecule has 0 unspecified atom stereocenters. The molecule has 0 bridgehead atoms. The molecule has 3 heteroatoms. The first-order valence-corrected chi connectivity index (χ1v) is 6.82. The lowest BCUT2D eigenvalue weighted by molar-refractivity contribution is 0.324. The average molecular weight is 265 g/mol. The quantitative estimate of drug-likeness (QED) is 0.719. The number of ether oxygens (including phenoxy) is 1. The summed E-state index contributed by atoms with van der Waals surface area (Å²) in [4.78, 5) is 0. The summed E-state index contributed by atoms with van der Waals surface area (Å²) < 4.78 is 19.4. The summed E-state index contributed by atoms with van der Waals surface area (Å²) >= 11 is 0. The fraction of sp³-hybridized carbons (Fsp3) is 0.500. The highest BCUT2D eigenvalue weighted by Crippen LogP contribution is 2.23. The Hall–Kier alpha value is -1.35. The van der Waals surface area contributed by atoms with E-state index in [4.69, 9.17) is 4.74 Å². The Labute approximate surface area is 115 Å². The number of halogens is 1. The van der Waals surface area contributed by atoms with Gasteiger partial charge in [0.25, 0.3) is 0 Å². The van der Waals surface area contributed by atoms with E-state index in [1.807, 2.05) is 13.0 Å². The zero-order valence-electron chi connectivity index (χ0n) is 12.1. The fourth-order valence-electron chi connectivity index (χ4n) is 1.63. The molecular formula is C16H24FNO. The third kappa shape index (κ3) is 5.43. The van der Waals surface area contributed by atoms with Crippen LogP contribution < -0.4 is 10.1 Å². The van der Waals surface area contributed by atoms with E-state index in [1.165, 1.54) is 6.07 Å². The SMILES string of the molecule is C=C(CC)COc1c(F)cccc1CNCC(C)C. The van der Waals surface area contributed by atoms with E-state index < -0.39 is 0 Å². The van der Waals surface area contributed by atoms with Crippen LogP contribution in [-0.4, -0.2) is 13.2 Å². The van der Waals surface area contributed by atoms with Gasteiger partial charge in [0.2, 0.25) is 0 Å². The maximum atomic E-state index is 13.8. The molecule has 1 rings (SSSR count). The first kappa shape index (κ1) is 15.7. The van der Waals surface area contributed by atoms with E-state index in [0.717, 1.165) is 24.1 Å². The molecule has 2 nitrogen and oxygen atoms in total. The molecule has 0 saturated heterocycles. The lowest BCUT2D eigenvalue weighted by atomic mass is 10.1. The van der Waals surface area contributed by atoms with Crippen molar-refractivity contribution in [1.82, 2.24) is 5.32 Å². The van der Waals surface area contributed by atoms with Crippen molar-refractivity contribution in [2.45, 2.75) is 33.7 Å². The Balaban J connectivity index is 2.68. The molecule has 0 saturated carbocycles. The molecule has 1 N–H and O–H groups in total. The van der Waals surface area contributed by atoms with E-state index in [1.54, 1.807) is 6.07 Å². The summed E-state index contributed by atoms with van der Waals surface area (Å²) in [7, 11) is 0. The Morgan fingerprint density at radius 1 is 1.42 bits per heavy atom. The highest BCUT2D eigenvalue weighted by atomic mass is 19.1. The van der Waals surface area contributed by atoms with Gasteiger partial charge >= 0.3 is 0 Å². The van der Waals surface area contributed by atoms with E-state index in [9.17, 15) is 4.39 Å². The smallest absolute Gasteiger partial charge is 0.165 e. The fourth-order valence-corrected chi connectivity index (χ4v) is 1.63. The topological polar surface area (TPSA) is 21.3 Å². The third-order valence-electron chi connectivity index (χ3n) is 2.84. The van der Waals surface area contributed by atoms with Crippen LogP contribution in [0.3, 0.4) is 0 Å². The zero-order valence-corrected chi connectivity index (χ0v) is 12.1. The number of hydrogen-bond donors (Lipinski definition) is 1. The van der Waals surface area contributed by atoms with Crippen molar-refractivity contribution >= 4 is 0 Å². The van der Waals surface area contributed by atoms with E-state index >= 15 is 0 Å². The zero-order chi connectivity index (χ0) is 14.3. The minimum absolute atomic E-state index is 0.312. The summed E-state index contributed by atoms with van der Waals surface area (Å²) in [6, 6.07) is 5.03. The molecule has 0 amide bonds. The van der Waals surface area contributed by atoms with E-state index in [2.05, 4.69) is 25.7 Å². The summed E-state index contributed by atoms with van der Waals surface area (Å²) in [5.41, 5.74) is 1.81. The molecular weight excluding hydrogens is 241 g/mol. The molecule has 0 spiro atoms. The Morgan fingerprint density at radius 3 is 2.79 bits per heavy atom. The second-order valence-electron chi connectivity index (χ2n) is 5.15. The molecule has 1 aromatic carbocycles. The van der Waals surface area contributed by atoms with Crippen LogP contribution in [-0.2, 0) is 6.54 Å². The van der Waals surface area contributed by atoms with Gasteiger partial charge in [-0.05, 0) is 30.5 Å². The van der Waals surface area contributed by atoms with Gasteiger partial charge in [-0.3, -0.25) is 0 Å². The molecule has 0 aromatic heterocycles.